The Balaban J connectivity index is 4.40. The normalized spacial score (nSPS) is 15.5. The Labute approximate surface area is 158 Å². The summed E-state index contributed by atoms with van der Waals surface area (Å²) in [6, 6.07) is 0.971. The number of ether oxygens (including phenoxy) is 1. The van der Waals surface area contributed by atoms with E-state index in [9.17, 15) is 5.11 Å². The van der Waals surface area contributed by atoms with Gasteiger partial charge in [-0.3, -0.25) is 0 Å². The molecule has 0 amide bonds. The molecule has 0 spiro atoms. The van der Waals surface area contributed by atoms with Crippen LogP contribution in [0, 0.1) is 0 Å². The minimum atomic E-state index is -2.26. The van der Waals surface area contributed by atoms with Crippen LogP contribution in [0.2, 0.25) is 65.0 Å². The molecule has 25 heavy (non-hydrogen) atoms. The van der Waals surface area contributed by atoms with E-state index in [1.54, 1.807) is 0 Å². The van der Waals surface area contributed by atoms with Gasteiger partial charge in [0, 0.05) is 6.61 Å². The smallest absolute Gasteiger partial charge is 0.312 e. The zero-order chi connectivity index (χ0) is 19.9. The summed E-state index contributed by atoms with van der Waals surface area (Å²) in [5.41, 5.74) is 0. The van der Waals surface area contributed by atoms with Gasteiger partial charge in [-0.2, -0.15) is 0 Å². The summed E-state index contributed by atoms with van der Waals surface area (Å²) in [5.74, 6) is 0. The van der Waals surface area contributed by atoms with E-state index in [1.165, 1.54) is 0 Å². The lowest BCUT2D eigenvalue weighted by Gasteiger charge is -2.40. The molecular formula is C15H40O6Si4. The molecule has 0 aliphatic rings. The number of aliphatic hydroxyl groups is 2. The van der Waals surface area contributed by atoms with Gasteiger partial charge in [0.25, 0.3) is 0 Å². The maximum absolute atomic E-state index is 9.25. The molecule has 2 N–H and O–H groups in total. The van der Waals surface area contributed by atoms with Crippen molar-refractivity contribution in [1.82, 2.24) is 0 Å². The van der Waals surface area contributed by atoms with Crippen LogP contribution < -0.4 is 0 Å². The molecule has 1 unspecified atom stereocenters. The highest BCUT2D eigenvalue weighted by Crippen LogP contribution is 2.25. The van der Waals surface area contributed by atoms with Crippen molar-refractivity contribution in [3.8, 4) is 0 Å². The van der Waals surface area contributed by atoms with Gasteiger partial charge in [-0.25, -0.2) is 0 Å². The van der Waals surface area contributed by atoms with Crippen molar-refractivity contribution in [1.29, 1.82) is 0 Å². The monoisotopic (exact) mass is 428 g/mol. The lowest BCUT2D eigenvalue weighted by atomic mass is 10.4. The first-order valence-electron chi connectivity index (χ1n) is 9.05. The molecule has 152 valence electrons. The van der Waals surface area contributed by atoms with Crippen LogP contribution in [0.25, 0.3) is 0 Å². The summed E-state index contributed by atoms with van der Waals surface area (Å²) >= 11 is 0. The average molecular weight is 429 g/mol. The molecule has 6 nitrogen and oxygen atoms in total. The Morgan fingerprint density at radius 1 is 0.800 bits per heavy atom. The van der Waals surface area contributed by atoms with Crippen LogP contribution in [0.3, 0.4) is 0 Å². The SMILES string of the molecule is C[Si](C)(C)O[Si](C)(C)O[Si](C)(C)O[Si](C)(C)CCCOCC(O)CO. The molecule has 0 aromatic rings. The largest absolute Gasteiger partial charge is 0.437 e. The lowest BCUT2D eigenvalue weighted by Crippen LogP contribution is -2.55. The van der Waals surface area contributed by atoms with E-state index < -0.39 is 39.9 Å². The fourth-order valence-corrected chi connectivity index (χ4v) is 21.4. The average Bonchev–Trinajstić information content (AvgIpc) is 2.31. The van der Waals surface area contributed by atoms with Crippen LogP contribution in [0.15, 0.2) is 0 Å². The van der Waals surface area contributed by atoms with Crippen molar-refractivity contribution in [2.45, 2.75) is 77.5 Å². The van der Waals surface area contributed by atoms with E-state index >= 15 is 0 Å². The van der Waals surface area contributed by atoms with Gasteiger partial charge in [-0.1, -0.05) is 0 Å². The second kappa shape index (κ2) is 10.2. The molecular weight excluding hydrogens is 389 g/mol. The first-order valence-corrected chi connectivity index (χ1v) is 21.2. The molecule has 0 aromatic heterocycles. The minimum Gasteiger partial charge on any atom is -0.437 e. The van der Waals surface area contributed by atoms with Crippen LogP contribution >= 0.6 is 0 Å². The van der Waals surface area contributed by atoms with Gasteiger partial charge in [0.05, 0.1) is 13.2 Å². The molecule has 0 aliphatic heterocycles. The van der Waals surface area contributed by atoms with E-state index in [4.69, 9.17) is 22.2 Å². The van der Waals surface area contributed by atoms with Gasteiger partial charge in [-0.05, 0) is 71.4 Å². The summed E-state index contributed by atoms with van der Waals surface area (Å²) < 4.78 is 24.6. The highest BCUT2D eigenvalue weighted by atomic mass is 28.5. The van der Waals surface area contributed by atoms with Gasteiger partial charge in [0.1, 0.15) is 6.10 Å². The summed E-state index contributed by atoms with van der Waals surface area (Å²) in [6.45, 7) is 19.9. The van der Waals surface area contributed by atoms with Crippen LogP contribution in [0.5, 0.6) is 0 Å². The van der Waals surface area contributed by atoms with Crippen molar-refractivity contribution in [3.05, 3.63) is 0 Å². The molecule has 0 fully saturated rings. The van der Waals surface area contributed by atoms with Gasteiger partial charge in [-0.15, -0.1) is 0 Å². The lowest BCUT2D eigenvalue weighted by molar-refractivity contribution is 0.00638. The zero-order valence-corrected chi connectivity index (χ0v) is 21.6. The maximum Gasteiger partial charge on any atom is 0.312 e. The van der Waals surface area contributed by atoms with Crippen molar-refractivity contribution < 1.29 is 27.3 Å². The highest BCUT2D eigenvalue weighted by Gasteiger charge is 2.42. The van der Waals surface area contributed by atoms with E-state index in [0.717, 1.165) is 12.5 Å². The molecule has 10 heteroatoms. The highest BCUT2D eigenvalue weighted by molar-refractivity contribution is 6.89. The predicted octanol–water partition coefficient (Wildman–Crippen LogP) is 3.24. The number of hydrogen-bond acceptors (Lipinski definition) is 6. The number of rotatable bonds is 13. The minimum absolute atomic E-state index is 0.177. The Morgan fingerprint density at radius 3 is 1.80 bits per heavy atom. The summed E-state index contributed by atoms with van der Waals surface area (Å²) in [6.07, 6.45) is 0.0912. The van der Waals surface area contributed by atoms with Gasteiger partial charge in [0.2, 0.25) is 0 Å². The first-order chi connectivity index (χ1) is 11.1. The Hall–Kier alpha value is 0.628. The van der Waals surface area contributed by atoms with E-state index in [2.05, 4.69) is 58.9 Å². The third-order valence-corrected chi connectivity index (χ3v) is 17.2. The molecule has 0 aromatic carbocycles. The van der Waals surface area contributed by atoms with Crippen molar-refractivity contribution in [2.24, 2.45) is 0 Å². The molecule has 0 aliphatic carbocycles. The van der Waals surface area contributed by atoms with Crippen LogP contribution in [0.1, 0.15) is 6.42 Å². The summed E-state index contributed by atoms with van der Waals surface area (Å²) in [7, 11) is -7.94. The summed E-state index contributed by atoms with van der Waals surface area (Å²) in [4.78, 5) is 0. The maximum atomic E-state index is 9.25. The summed E-state index contributed by atoms with van der Waals surface area (Å²) in [5, 5.41) is 18.0. The third-order valence-electron chi connectivity index (χ3n) is 3.15. The van der Waals surface area contributed by atoms with E-state index in [-0.39, 0.29) is 13.2 Å². The second-order valence-electron chi connectivity index (χ2n) is 8.99. The van der Waals surface area contributed by atoms with Gasteiger partial charge >= 0.3 is 17.1 Å². The zero-order valence-electron chi connectivity index (χ0n) is 17.6. The Bertz CT molecular complexity index is 385. The topological polar surface area (TPSA) is 77.4 Å². The Morgan fingerprint density at radius 2 is 1.32 bits per heavy atom. The molecule has 0 rings (SSSR count). The quantitative estimate of drug-likeness (QED) is 0.346. The molecule has 0 radical (unpaired) electrons. The number of hydrogen-bond donors (Lipinski definition) is 2. The fourth-order valence-electron chi connectivity index (χ4n) is 2.96. The van der Waals surface area contributed by atoms with Gasteiger partial charge < -0.3 is 27.3 Å². The molecule has 1 atom stereocenters. The molecule has 0 saturated heterocycles. The predicted molar refractivity (Wildman–Crippen MR) is 112 cm³/mol. The molecule has 0 heterocycles. The first kappa shape index (κ1) is 25.6. The van der Waals surface area contributed by atoms with Crippen molar-refractivity contribution in [3.63, 3.8) is 0 Å². The van der Waals surface area contributed by atoms with Crippen molar-refractivity contribution >= 4 is 33.8 Å². The van der Waals surface area contributed by atoms with Gasteiger partial charge in [0.15, 0.2) is 16.6 Å². The van der Waals surface area contributed by atoms with Crippen LogP contribution in [-0.4, -0.2) is 69.9 Å². The molecule has 0 saturated carbocycles. The van der Waals surface area contributed by atoms with Crippen molar-refractivity contribution in [2.75, 3.05) is 19.8 Å². The molecule has 0 bridgehead atoms. The van der Waals surface area contributed by atoms with E-state index in [0.29, 0.717) is 6.61 Å². The van der Waals surface area contributed by atoms with Crippen LogP contribution in [0.4, 0.5) is 0 Å². The fraction of sp³-hybridized carbons (Fsp3) is 1.00. The standard InChI is InChI=1S/C15H40O6Si4/c1-22(2,3)19-24(6,7)21-25(8,9)20-23(4,5)12-10-11-18-14-15(17)13-16/h15-17H,10-14H2,1-9H3. The second-order valence-corrected chi connectivity index (χ2v) is 25.3. The Kier molecular flexibility index (Phi) is 10.5. The number of aliphatic hydroxyl groups excluding tert-OH is 2. The van der Waals surface area contributed by atoms with E-state index in [1.807, 2.05) is 0 Å². The van der Waals surface area contributed by atoms with Crippen LogP contribution in [-0.2, 0) is 17.1 Å². The third kappa shape index (κ3) is 14.4.